The Hall–Kier alpha value is -1.13. The molecule has 3 rings (SSSR count). The van der Waals surface area contributed by atoms with Crippen molar-refractivity contribution >= 4 is 5.82 Å². The number of aromatic nitrogens is 1. The van der Waals surface area contributed by atoms with Gasteiger partial charge in [0.15, 0.2) is 0 Å². The van der Waals surface area contributed by atoms with Gasteiger partial charge in [-0.2, -0.15) is 0 Å². The maximum atomic E-state index is 5.72. The first-order valence-electron chi connectivity index (χ1n) is 8.01. The van der Waals surface area contributed by atoms with Gasteiger partial charge in [-0.05, 0) is 56.9 Å². The zero-order chi connectivity index (χ0) is 13.8. The summed E-state index contributed by atoms with van der Waals surface area (Å²) in [4.78, 5) is 9.76. The molecule has 2 aliphatic heterocycles. The third-order valence-electron chi connectivity index (χ3n) is 4.65. The number of nitrogens with zero attached hydrogens (tertiary/aromatic N) is 3. The first kappa shape index (κ1) is 13.8. The Morgan fingerprint density at radius 2 is 2.05 bits per heavy atom. The Morgan fingerprint density at radius 3 is 2.85 bits per heavy atom. The average Bonchev–Trinajstić information content (AvgIpc) is 2.99. The zero-order valence-electron chi connectivity index (χ0n) is 12.3. The monoisotopic (exact) mass is 274 g/mol. The SMILES string of the molecule is NCCc1cccnc1N1CCC(N2CCCCC2)C1. The van der Waals surface area contributed by atoms with Crippen molar-refractivity contribution in [2.24, 2.45) is 5.73 Å². The van der Waals surface area contributed by atoms with Crippen LogP contribution in [-0.2, 0) is 6.42 Å². The maximum absolute atomic E-state index is 5.72. The molecule has 1 atom stereocenters. The van der Waals surface area contributed by atoms with E-state index in [1.54, 1.807) is 0 Å². The van der Waals surface area contributed by atoms with E-state index in [4.69, 9.17) is 5.73 Å². The van der Waals surface area contributed by atoms with Gasteiger partial charge in [0, 0.05) is 25.3 Å². The molecule has 2 aliphatic rings. The molecule has 3 heterocycles. The molecule has 1 aromatic heterocycles. The van der Waals surface area contributed by atoms with E-state index < -0.39 is 0 Å². The van der Waals surface area contributed by atoms with E-state index in [2.05, 4.69) is 20.9 Å². The van der Waals surface area contributed by atoms with Gasteiger partial charge in [0.1, 0.15) is 5.82 Å². The van der Waals surface area contributed by atoms with Crippen LogP contribution in [0.25, 0.3) is 0 Å². The summed E-state index contributed by atoms with van der Waals surface area (Å²) in [5.41, 5.74) is 7.02. The second-order valence-electron chi connectivity index (χ2n) is 6.01. The van der Waals surface area contributed by atoms with Crippen molar-refractivity contribution in [2.75, 3.05) is 37.6 Å². The number of hydrogen-bond donors (Lipinski definition) is 1. The van der Waals surface area contributed by atoms with Crippen LogP contribution >= 0.6 is 0 Å². The maximum Gasteiger partial charge on any atom is 0.131 e. The molecule has 0 aromatic carbocycles. The van der Waals surface area contributed by atoms with Crippen molar-refractivity contribution in [1.29, 1.82) is 0 Å². The van der Waals surface area contributed by atoms with E-state index in [1.165, 1.54) is 44.3 Å². The summed E-state index contributed by atoms with van der Waals surface area (Å²) in [5.74, 6) is 1.16. The number of nitrogens with two attached hydrogens (primary N) is 1. The highest BCUT2D eigenvalue weighted by Crippen LogP contribution is 2.26. The summed E-state index contributed by atoms with van der Waals surface area (Å²) in [5, 5.41) is 0. The Balaban J connectivity index is 1.67. The molecule has 110 valence electrons. The van der Waals surface area contributed by atoms with E-state index in [0.717, 1.165) is 31.4 Å². The highest BCUT2D eigenvalue weighted by molar-refractivity contribution is 5.48. The predicted molar refractivity (Wildman–Crippen MR) is 83.0 cm³/mol. The molecule has 0 radical (unpaired) electrons. The van der Waals surface area contributed by atoms with Gasteiger partial charge in [0.25, 0.3) is 0 Å². The van der Waals surface area contributed by atoms with Crippen molar-refractivity contribution < 1.29 is 0 Å². The lowest BCUT2D eigenvalue weighted by Crippen LogP contribution is -2.41. The minimum absolute atomic E-state index is 0.697. The first-order valence-corrected chi connectivity index (χ1v) is 8.01. The van der Waals surface area contributed by atoms with Gasteiger partial charge in [-0.1, -0.05) is 12.5 Å². The van der Waals surface area contributed by atoms with Crippen LogP contribution in [0.15, 0.2) is 18.3 Å². The van der Waals surface area contributed by atoms with Crippen molar-refractivity contribution in [3.8, 4) is 0 Å². The average molecular weight is 274 g/mol. The van der Waals surface area contributed by atoms with Crippen molar-refractivity contribution in [3.05, 3.63) is 23.9 Å². The van der Waals surface area contributed by atoms with Gasteiger partial charge < -0.3 is 10.6 Å². The third kappa shape index (κ3) is 2.96. The molecule has 0 saturated carbocycles. The van der Waals surface area contributed by atoms with Crippen LogP contribution < -0.4 is 10.6 Å². The molecule has 0 bridgehead atoms. The molecule has 1 unspecified atom stereocenters. The lowest BCUT2D eigenvalue weighted by atomic mass is 10.1. The van der Waals surface area contributed by atoms with Crippen LogP contribution in [0.5, 0.6) is 0 Å². The molecule has 2 fully saturated rings. The van der Waals surface area contributed by atoms with Gasteiger partial charge in [0.2, 0.25) is 0 Å². The normalized spacial score (nSPS) is 24.2. The fourth-order valence-electron chi connectivity index (χ4n) is 3.58. The summed E-state index contributed by atoms with van der Waals surface area (Å²) >= 11 is 0. The largest absolute Gasteiger partial charge is 0.355 e. The molecule has 1 aromatic rings. The summed E-state index contributed by atoms with van der Waals surface area (Å²) in [6.07, 6.45) is 8.26. The van der Waals surface area contributed by atoms with Gasteiger partial charge >= 0.3 is 0 Å². The van der Waals surface area contributed by atoms with E-state index in [1.807, 2.05) is 12.3 Å². The Bertz CT molecular complexity index is 428. The molecular weight excluding hydrogens is 248 g/mol. The molecule has 20 heavy (non-hydrogen) atoms. The lowest BCUT2D eigenvalue weighted by Gasteiger charge is -2.32. The number of likely N-dealkylation sites (tertiary alicyclic amines) is 1. The second kappa shape index (κ2) is 6.55. The number of hydrogen-bond acceptors (Lipinski definition) is 4. The van der Waals surface area contributed by atoms with E-state index in [0.29, 0.717) is 6.54 Å². The van der Waals surface area contributed by atoms with Gasteiger partial charge in [-0.3, -0.25) is 4.90 Å². The molecule has 4 nitrogen and oxygen atoms in total. The highest BCUT2D eigenvalue weighted by Gasteiger charge is 2.29. The molecule has 0 aliphatic carbocycles. The van der Waals surface area contributed by atoms with Crippen molar-refractivity contribution in [3.63, 3.8) is 0 Å². The van der Waals surface area contributed by atoms with Crippen LogP contribution in [0.3, 0.4) is 0 Å². The minimum atomic E-state index is 0.697. The van der Waals surface area contributed by atoms with Crippen LogP contribution in [-0.4, -0.2) is 48.6 Å². The zero-order valence-corrected chi connectivity index (χ0v) is 12.3. The highest BCUT2D eigenvalue weighted by atomic mass is 15.3. The quantitative estimate of drug-likeness (QED) is 0.907. The number of pyridine rings is 1. The second-order valence-corrected chi connectivity index (χ2v) is 6.01. The fourth-order valence-corrected chi connectivity index (χ4v) is 3.58. The van der Waals surface area contributed by atoms with E-state index in [-0.39, 0.29) is 0 Å². The number of anilines is 1. The number of piperidine rings is 1. The third-order valence-corrected chi connectivity index (χ3v) is 4.65. The summed E-state index contributed by atoms with van der Waals surface area (Å²) < 4.78 is 0. The molecular formula is C16H26N4. The van der Waals surface area contributed by atoms with Crippen LogP contribution in [0, 0.1) is 0 Å². The predicted octanol–water partition coefficient (Wildman–Crippen LogP) is 1.65. The Morgan fingerprint density at radius 1 is 1.20 bits per heavy atom. The van der Waals surface area contributed by atoms with Crippen LogP contribution in [0.1, 0.15) is 31.2 Å². The van der Waals surface area contributed by atoms with E-state index >= 15 is 0 Å². The van der Waals surface area contributed by atoms with Gasteiger partial charge in [0.05, 0.1) is 0 Å². The Labute approximate surface area is 122 Å². The summed E-state index contributed by atoms with van der Waals surface area (Å²) in [6, 6.07) is 4.92. The number of rotatable bonds is 4. The van der Waals surface area contributed by atoms with Crippen molar-refractivity contribution in [2.45, 2.75) is 38.1 Å². The van der Waals surface area contributed by atoms with Crippen LogP contribution in [0.2, 0.25) is 0 Å². The molecule has 0 spiro atoms. The summed E-state index contributed by atoms with van der Waals surface area (Å²) in [7, 11) is 0. The first-order chi connectivity index (χ1) is 9.88. The molecule has 0 amide bonds. The summed E-state index contributed by atoms with van der Waals surface area (Å²) in [6.45, 7) is 5.54. The molecule has 2 N–H and O–H groups in total. The molecule has 2 saturated heterocycles. The van der Waals surface area contributed by atoms with Gasteiger partial charge in [-0.15, -0.1) is 0 Å². The standard InChI is InChI=1S/C16H26N4/c17-8-6-14-5-4-9-18-16(14)20-12-7-15(13-20)19-10-2-1-3-11-19/h4-5,9,15H,1-3,6-8,10-13,17H2. The minimum Gasteiger partial charge on any atom is -0.355 e. The smallest absolute Gasteiger partial charge is 0.131 e. The van der Waals surface area contributed by atoms with E-state index in [9.17, 15) is 0 Å². The fraction of sp³-hybridized carbons (Fsp3) is 0.688. The van der Waals surface area contributed by atoms with Crippen LogP contribution in [0.4, 0.5) is 5.82 Å². The topological polar surface area (TPSA) is 45.4 Å². The van der Waals surface area contributed by atoms with Crippen molar-refractivity contribution in [1.82, 2.24) is 9.88 Å². The lowest BCUT2D eigenvalue weighted by molar-refractivity contribution is 0.175. The van der Waals surface area contributed by atoms with Gasteiger partial charge in [-0.25, -0.2) is 4.98 Å². The Kier molecular flexibility index (Phi) is 4.53. The molecule has 4 heteroatoms.